The van der Waals surface area contributed by atoms with Crippen LogP contribution < -0.4 is 10.1 Å². The Kier molecular flexibility index (Phi) is 5.18. The van der Waals surface area contributed by atoms with E-state index in [-0.39, 0.29) is 5.91 Å². The quantitative estimate of drug-likeness (QED) is 0.538. The Morgan fingerprint density at radius 1 is 1.17 bits per heavy atom. The number of rotatable bonds is 5. The van der Waals surface area contributed by atoms with Crippen molar-refractivity contribution < 1.29 is 9.53 Å². The molecule has 0 aliphatic rings. The molecular weight excluding hydrogens is 388 g/mol. The predicted molar refractivity (Wildman–Crippen MR) is 113 cm³/mol. The fourth-order valence-electron chi connectivity index (χ4n) is 3.15. The highest BCUT2D eigenvalue weighted by Crippen LogP contribution is 2.27. The zero-order valence-electron chi connectivity index (χ0n) is 16.0. The van der Waals surface area contributed by atoms with Crippen LogP contribution in [0.2, 0.25) is 5.02 Å². The van der Waals surface area contributed by atoms with Gasteiger partial charge in [-0.15, -0.1) is 0 Å². The monoisotopic (exact) mass is 406 g/mol. The van der Waals surface area contributed by atoms with Crippen molar-refractivity contribution in [2.24, 2.45) is 7.05 Å². The second-order valence-corrected chi connectivity index (χ2v) is 6.97. The maximum atomic E-state index is 13.0. The van der Waals surface area contributed by atoms with E-state index in [1.54, 1.807) is 37.2 Å². The molecule has 1 N–H and O–H groups in total. The topological polar surface area (TPSA) is 69.0 Å². The second-order valence-electron chi connectivity index (χ2n) is 6.57. The van der Waals surface area contributed by atoms with E-state index in [1.807, 2.05) is 42.5 Å². The molecule has 0 atom stereocenters. The maximum absolute atomic E-state index is 13.0. The van der Waals surface area contributed by atoms with Crippen LogP contribution in [-0.4, -0.2) is 27.8 Å². The van der Waals surface area contributed by atoms with Gasteiger partial charge >= 0.3 is 0 Å². The molecule has 0 bridgehead atoms. The Hall–Kier alpha value is -3.38. The molecule has 0 saturated heterocycles. The van der Waals surface area contributed by atoms with Crippen molar-refractivity contribution in [1.29, 1.82) is 0 Å². The summed E-state index contributed by atoms with van der Waals surface area (Å²) in [5.41, 5.74) is 3.52. The third kappa shape index (κ3) is 3.79. The van der Waals surface area contributed by atoms with Crippen LogP contribution >= 0.6 is 11.6 Å². The van der Waals surface area contributed by atoms with E-state index in [9.17, 15) is 4.79 Å². The largest absolute Gasteiger partial charge is 0.497 e. The van der Waals surface area contributed by atoms with Crippen LogP contribution in [0.3, 0.4) is 0 Å². The van der Waals surface area contributed by atoms with E-state index >= 15 is 0 Å². The van der Waals surface area contributed by atoms with Crippen LogP contribution in [-0.2, 0) is 13.6 Å². The molecule has 0 unspecified atom stereocenters. The molecule has 2 aromatic carbocycles. The molecule has 4 rings (SSSR count). The average molecular weight is 407 g/mol. The van der Waals surface area contributed by atoms with Crippen LogP contribution in [0.1, 0.15) is 15.9 Å². The molecule has 6 nitrogen and oxygen atoms in total. The summed E-state index contributed by atoms with van der Waals surface area (Å²) in [5, 5.41) is 8.52. The van der Waals surface area contributed by atoms with Crippen LogP contribution in [0.5, 0.6) is 5.75 Å². The zero-order valence-corrected chi connectivity index (χ0v) is 16.8. The number of ether oxygens (including phenoxy) is 1. The Balaban J connectivity index is 1.73. The summed E-state index contributed by atoms with van der Waals surface area (Å²) >= 11 is 6.20. The van der Waals surface area contributed by atoms with Crippen LogP contribution in [0.4, 0.5) is 0 Å². The molecule has 4 aromatic rings. The SMILES string of the molecule is COc1cccc(-c2cc(C(=O)NCc3ccccc3Cl)c3cnn(C)c3n2)c1. The van der Waals surface area contributed by atoms with Crippen LogP contribution in [0.15, 0.2) is 60.8 Å². The number of carbonyl (C=O) groups excluding carboxylic acids is 1. The lowest BCUT2D eigenvalue weighted by Gasteiger charge is -2.10. The lowest BCUT2D eigenvalue weighted by molar-refractivity contribution is 0.0952. The predicted octanol–water partition coefficient (Wildman–Crippen LogP) is 4.23. The molecule has 7 heteroatoms. The summed E-state index contributed by atoms with van der Waals surface area (Å²) in [6, 6.07) is 16.8. The minimum atomic E-state index is -0.213. The molecule has 2 heterocycles. The van der Waals surface area contributed by atoms with Crippen LogP contribution in [0, 0.1) is 0 Å². The molecule has 0 saturated carbocycles. The minimum Gasteiger partial charge on any atom is -0.497 e. The summed E-state index contributed by atoms with van der Waals surface area (Å²) < 4.78 is 6.97. The molecule has 0 aliphatic carbocycles. The molecule has 0 radical (unpaired) electrons. The number of hydrogen-bond donors (Lipinski definition) is 1. The van der Waals surface area contributed by atoms with Gasteiger partial charge in [0.05, 0.1) is 30.0 Å². The molecule has 2 aromatic heterocycles. The van der Waals surface area contributed by atoms with Crippen molar-refractivity contribution in [3.8, 4) is 17.0 Å². The number of methoxy groups -OCH3 is 1. The zero-order chi connectivity index (χ0) is 20.4. The van der Waals surface area contributed by atoms with Gasteiger partial charge in [-0.2, -0.15) is 5.10 Å². The second kappa shape index (κ2) is 7.93. The number of benzene rings is 2. The fraction of sp³-hybridized carbons (Fsp3) is 0.136. The number of hydrogen-bond acceptors (Lipinski definition) is 4. The van der Waals surface area contributed by atoms with Gasteiger partial charge in [-0.1, -0.05) is 41.9 Å². The molecular formula is C22H19ClN4O2. The maximum Gasteiger partial charge on any atom is 0.252 e. The molecule has 0 fully saturated rings. The van der Waals surface area contributed by atoms with Gasteiger partial charge in [-0.3, -0.25) is 9.48 Å². The normalized spacial score (nSPS) is 10.9. The Bertz CT molecular complexity index is 1200. The summed E-state index contributed by atoms with van der Waals surface area (Å²) in [7, 11) is 3.42. The number of fused-ring (bicyclic) bond motifs is 1. The molecule has 1 amide bonds. The smallest absolute Gasteiger partial charge is 0.252 e. The van der Waals surface area contributed by atoms with Crippen molar-refractivity contribution >= 4 is 28.5 Å². The highest BCUT2D eigenvalue weighted by atomic mass is 35.5. The molecule has 146 valence electrons. The number of aromatic nitrogens is 3. The number of nitrogens with zero attached hydrogens (tertiary/aromatic N) is 3. The summed E-state index contributed by atoms with van der Waals surface area (Å²) in [6.07, 6.45) is 1.65. The summed E-state index contributed by atoms with van der Waals surface area (Å²) in [5.74, 6) is 0.508. The number of pyridine rings is 1. The first-order chi connectivity index (χ1) is 14.1. The van der Waals surface area contributed by atoms with Gasteiger partial charge in [-0.25, -0.2) is 4.98 Å². The summed E-state index contributed by atoms with van der Waals surface area (Å²) in [4.78, 5) is 17.7. The Labute approximate surface area is 173 Å². The fourth-order valence-corrected chi connectivity index (χ4v) is 3.35. The van der Waals surface area contributed by atoms with Crippen molar-refractivity contribution in [3.63, 3.8) is 0 Å². The van der Waals surface area contributed by atoms with Gasteiger partial charge in [0.15, 0.2) is 5.65 Å². The van der Waals surface area contributed by atoms with Crippen molar-refractivity contribution in [3.05, 3.63) is 76.9 Å². The Morgan fingerprint density at radius 3 is 2.79 bits per heavy atom. The lowest BCUT2D eigenvalue weighted by Crippen LogP contribution is -2.23. The first-order valence-corrected chi connectivity index (χ1v) is 9.43. The standard InChI is InChI=1S/C22H19ClN4O2/c1-27-21-18(13-25-27)17(22(28)24-12-15-6-3-4-9-19(15)23)11-20(26-21)14-7-5-8-16(10-14)29-2/h3-11,13H,12H2,1-2H3,(H,24,28). The molecule has 0 spiro atoms. The number of nitrogens with one attached hydrogen (secondary N) is 1. The van der Waals surface area contributed by atoms with Gasteiger partial charge in [0.25, 0.3) is 5.91 Å². The highest BCUT2D eigenvalue weighted by molar-refractivity contribution is 6.31. The highest BCUT2D eigenvalue weighted by Gasteiger charge is 2.17. The first kappa shape index (κ1) is 19.0. The van der Waals surface area contributed by atoms with Crippen molar-refractivity contribution in [2.45, 2.75) is 6.54 Å². The van der Waals surface area contributed by atoms with E-state index < -0.39 is 0 Å². The number of carbonyl (C=O) groups is 1. The Morgan fingerprint density at radius 2 is 2.00 bits per heavy atom. The van der Waals surface area contributed by atoms with Gasteiger partial charge in [0.1, 0.15) is 5.75 Å². The van der Waals surface area contributed by atoms with Crippen molar-refractivity contribution in [2.75, 3.05) is 7.11 Å². The van der Waals surface area contributed by atoms with E-state index in [0.29, 0.717) is 33.9 Å². The minimum absolute atomic E-state index is 0.213. The van der Waals surface area contributed by atoms with E-state index in [2.05, 4.69) is 10.4 Å². The number of amides is 1. The number of aryl methyl sites for hydroxylation is 1. The van der Waals surface area contributed by atoms with E-state index in [4.69, 9.17) is 21.3 Å². The number of halogens is 1. The first-order valence-electron chi connectivity index (χ1n) is 9.05. The van der Waals surface area contributed by atoms with Gasteiger partial charge < -0.3 is 10.1 Å². The van der Waals surface area contributed by atoms with E-state index in [1.165, 1.54) is 0 Å². The lowest BCUT2D eigenvalue weighted by atomic mass is 10.1. The van der Waals surface area contributed by atoms with Crippen molar-refractivity contribution in [1.82, 2.24) is 20.1 Å². The van der Waals surface area contributed by atoms with Gasteiger partial charge in [-0.05, 0) is 29.8 Å². The summed E-state index contributed by atoms with van der Waals surface area (Å²) in [6.45, 7) is 0.330. The molecule has 29 heavy (non-hydrogen) atoms. The van der Waals surface area contributed by atoms with E-state index in [0.717, 1.165) is 16.9 Å². The van der Waals surface area contributed by atoms with Crippen LogP contribution in [0.25, 0.3) is 22.3 Å². The third-order valence-corrected chi connectivity index (χ3v) is 5.08. The van der Waals surface area contributed by atoms with Gasteiger partial charge in [0.2, 0.25) is 0 Å². The molecule has 0 aliphatic heterocycles. The third-order valence-electron chi connectivity index (χ3n) is 4.71. The average Bonchev–Trinajstić information content (AvgIpc) is 3.13. The van der Waals surface area contributed by atoms with Gasteiger partial charge in [0, 0.05) is 24.2 Å².